The minimum Gasteiger partial charge on any atom is -0.486 e. The Bertz CT molecular complexity index is 1200. The summed E-state index contributed by atoms with van der Waals surface area (Å²) in [7, 11) is -3.72. The van der Waals surface area contributed by atoms with Crippen LogP contribution in [0.5, 0.6) is 11.5 Å². The topological polar surface area (TPSA) is 97.5 Å². The van der Waals surface area contributed by atoms with Crippen molar-refractivity contribution in [2.45, 2.75) is 18.2 Å². The lowest BCUT2D eigenvalue weighted by atomic mass is 10.1. The normalized spacial score (nSPS) is 13.6. The van der Waals surface area contributed by atoms with E-state index >= 15 is 0 Å². The molecular weight excluding hydrogens is 380 g/mol. The van der Waals surface area contributed by atoms with Gasteiger partial charge in [-0.15, -0.1) is 0 Å². The van der Waals surface area contributed by atoms with Crippen LogP contribution in [0, 0.1) is 6.92 Å². The van der Waals surface area contributed by atoms with E-state index in [4.69, 9.17) is 9.47 Å². The van der Waals surface area contributed by atoms with E-state index in [0.29, 0.717) is 30.3 Å². The predicted molar refractivity (Wildman–Crippen MR) is 106 cm³/mol. The fraction of sp³-hybridized carbons (Fsp3) is 0.250. The molecule has 2 heterocycles. The van der Waals surface area contributed by atoms with Crippen molar-refractivity contribution in [3.05, 3.63) is 63.9 Å². The van der Waals surface area contributed by atoms with Crippen LogP contribution in [0.15, 0.2) is 52.2 Å². The van der Waals surface area contributed by atoms with Crippen molar-refractivity contribution in [1.82, 2.24) is 9.71 Å². The summed E-state index contributed by atoms with van der Waals surface area (Å²) in [5, 5.41) is 0.921. The molecule has 3 aromatic rings. The molecule has 7 nitrogen and oxygen atoms in total. The number of rotatable bonds is 5. The second-order valence-corrected chi connectivity index (χ2v) is 8.43. The summed E-state index contributed by atoms with van der Waals surface area (Å²) in [6.45, 7) is 2.91. The number of ether oxygens (including phenoxy) is 2. The fourth-order valence-corrected chi connectivity index (χ4v) is 4.20. The molecule has 0 amide bonds. The van der Waals surface area contributed by atoms with E-state index in [1.54, 1.807) is 12.1 Å². The molecule has 146 valence electrons. The first-order chi connectivity index (χ1) is 13.4. The maximum absolute atomic E-state index is 12.6. The van der Waals surface area contributed by atoms with Gasteiger partial charge < -0.3 is 14.5 Å². The third kappa shape index (κ3) is 3.74. The molecule has 2 aromatic carbocycles. The van der Waals surface area contributed by atoms with Crippen LogP contribution < -0.4 is 19.8 Å². The zero-order valence-corrected chi connectivity index (χ0v) is 16.1. The van der Waals surface area contributed by atoms with E-state index in [-0.39, 0.29) is 23.4 Å². The lowest BCUT2D eigenvalue weighted by Crippen LogP contribution is -2.28. The number of fused-ring (bicyclic) bond motifs is 2. The van der Waals surface area contributed by atoms with Gasteiger partial charge in [-0.1, -0.05) is 11.6 Å². The van der Waals surface area contributed by atoms with Crippen LogP contribution in [-0.4, -0.2) is 33.2 Å². The number of benzene rings is 2. The van der Waals surface area contributed by atoms with Crippen LogP contribution >= 0.6 is 0 Å². The standard InChI is InChI=1S/C20H20N2O5S/c1-13-2-4-17-15(10-13)11-14(20(23)22-17)6-7-21-28(24,25)16-3-5-18-19(12-16)27-9-8-26-18/h2-5,10-12,21H,6-9H2,1H3,(H,22,23). The molecule has 0 radical (unpaired) electrons. The first-order valence-electron chi connectivity index (χ1n) is 8.94. The number of nitrogens with one attached hydrogen (secondary N) is 2. The SMILES string of the molecule is Cc1ccc2[nH]c(=O)c(CCNS(=O)(=O)c3ccc4c(c3)OCCO4)cc2c1. The Balaban J connectivity index is 1.49. The molecule has 8 heteroatoms. The van der Waals surface area contributed by atoms with Crippen LogP contribution in [0.3, 0.4) is 0 Å². The van der Waals surface area contributed by atoms with Crippen molar-refractivity contribution in [2.75, 3.05) is 19.8 Å². The maximum Gasteiger partial charge on any atom is 0.251 e. The molecule has 0 unspecified atom stereocenters. The smallest absolute Gasteiger partial charge is 0.251 e. The second kappa shape index (κ2) is 7.29. The number of H-pyrrole nitrogens is 1. The molecule has 28 heavy (non-hydrogen) atoms. The fourth-order valence-electron chi connectivity index (χ4n) is 3.15. The number of hydrogen-bond donors (Lipinski definition) is 2. The third-order valence-electron chi connectivity index (χ3n) is 4.59. The highest BCUT2D eigenvalue weighted by Gasteiger charge is 2.19. The van der Waals surface area contributed by atoms with Gasteiger partial charge in [0, 0.05) is 23.7 Å². The van der Waals surface area contributed by atoms with Crippen LogP contribution in [0.4, 0.5) is 0 Å². The van der Waals surface area contributed by atoms with E-state index in [1.807, 2.05) is 25.1 Å². The lowest BCUT2D eigenvalue weighted by molar-refractivity contribution is 0.171. The number of pyridine rings is 1. The van der Waals surface area contributed by atoms with Crippen LogP contribution in [-0.2, 0) is 16.4 Å². The van der Waals surface area contributed by atoms with Gasteiger partial charge in [-0.25, -0.2) is 13.1 Å². The van der Waals surface area contributed by atoms with Crippen molar-refractivity contribution in [3.63, 3.8) is 0 Å². The zero-order chi connectivity index (χ0) is 19.7. The van der Waals surface area contributed by atoms with Crippen molar-refractivity contribution >= 4 is 20.9 Å². The van der Waals surface area contributed by atoms with Gasteiger partial charge in [0.2, 0.25) is 10.0 Å². The van der Waals surface area contributed by atoms with Gasteiger partial charge in [0.1, 0.15) is 13.2 Å². The number of aromatic amines is 1. The largest absolute Gasteiger partial charge is 0.486 e. The zero-order valence-electron chi connectivity index (χ0n) is 15.3. The predicted octanol–water partition coefficient (Wildman–Crippen LogP) is 2.13. The summed E-state index contributed by atoms with van der Waals surface area (Å²) in [6.07, 6.45) is 0.281. The Hall–Kier alpha value is -2.84. The number of sulfonamides is 1. The Morgan fingerprint density at radius 2 is 1.82 bits per heavy atom. The summed E-state index contributed by atoms with van der Waals surface area (Å²) < 4.78 is 38.5. The molecule has 0 aliphatic carbocycles. The molecule has 0 saturated carbocycles. The molecule has 0 fully saturated rings. The summed E-state index contributed by atoms with van der Waals surface area (Å²) in [5.74, 6) is 0.943. The highest BCUT2D eigenvalue weighted by molar-refractivity contribution is 7.89. The van der Waals surface area contributed by atoms with Crippen molar-refractivity contribution in [3.8, 4) is 11.5 Å². The quantitative estimate of drug-likeness (QED) is 0.684. The molecular formula is C20H20N2O5S. The van der Waals surface area contributed by atoms with E-state index in [1.165, 1.54) is 12.1 Å². The average molecular weight is 400 g/mol. The highest BCUT2D eigenvalue weighted by Crippen LogP contribution is 2.32. The van der Waals surface area contributed by atoms with Crippen LogP contribution in [0.25, 0.3) is 10.9 Å². The molecule has 1 aromatic heterocycles. The molecule has 0 bridgehead atoms. The summed E-state index contributed by atoms with van der Waals surface area (Å²) in [5.41, 5.74) is 2.17. The first kappa shape index (κ1) is 18.5. The third-order valence-corrected chi connectivity index (χ3v) is 6.05. The Labute approximate surface area is 162 Å². The molecule has 0 atom stereocenters. The molecule has 2 N–H and O–H groups in total. The Kier molecular flexibility index (Phi) is 4.82. The number of aromatic nitrogens is 1. The van der Waals surface area contributed by atoms with Crippen LogP contribution in [0.2, 0.25) is 0 Å². The van der Waals surface area contributed by atoms with E-state index in [9.17, 15) is 13.2 Å². The van der Waals surface area contributed by atoms with Gasteiger partial charge >= 0.3 is 0 Å². The average Bonchev–Trinajstić information content (AvgIpc) is 2.68. The highest BCUT2D eigenvalue weighted by atomic mass is 32.2. The van der Waals surface area contributed by atoms with Gasteiger partial charge in [-0.2, -0.15) is 0 Å². The molecule has 1 aliphatic heterocycles. The minimum absolute atomic E-state index is 0.0970. The van der Waals surface area contributed by atoms with E-state index < -0.39 is 10.0 Å². The van der Waals surface area contributed by atoms with Crippen molar-refractivity contribution in [1.29, 1.82) is 0 Å². The summed E-state index contributed by atoms with van der Waals surface area (Å²) >= 11 is 0. The van der Waals surface area contributed by atoms with Gasteiger partial charge in [0.05, 0.1) is 4.90 Å². The maximum atomic E-state index is 12.6. The molecule has 4 rings (SSSR count). The van der Waals surface area contributed by atoms with E-state index in [2.05, 4.69) is 9.71 Å². The van der Waals surface area contributed by atoms with Gasteiger partial charge in [-0.3, -0.25) is 4.79 Å². The molecule has 0 saturated heterocycles. The first-order valence-corrected chi connectivity index (χ1v) is 10.4. The van der Waals surface area contributed by atoms with E-state index in [0.717, 1.165) is 16.5 Å². The Morgan fingerprint density at radius 3 is 2.64 bits per heavy atom. The Morgan fingerprint density at radius 1 is 1.04 bits per heavy atom. The lowest BCUT2D eigenvalue weighted by Gasteiger charge is -2.18. The van der Waals surface area contributed by atoms with Gasteiger partial charge in [0.25, 0.3) is 5.56 Å². The van der Waals surface area contributed by atoms with Crippen molar-refractivity contribution < 1.29 is 17.9 Å². The van der Waals surface area contributed by atoms with Gasteiger partial charge in [0.15, 0.2) is 11.5 Å². The minimum atomic E-state index is -3.72. The monoisotopic (exact) mass is 400 g/mol. The second-order valence-electron chi connectivity index (χ2n) is 6.67. The van der Waals surface area contributed by atoms with Gasteiger partial charge in [-0.05, 0) is 49.1 Å². The molecule has 1 aliphatic rings. The van der Waals surface area contributed by atoms with Crippen LogP contribution in [0.1, 0.15) is 11.1 Å². The number of aryl methyl sites for hydroxylation is 1. The number of hydrogen-bond acceptors (Lipinski definition) is 5. The summed E-state index contributed by atoms with van der Waals surface area (Å²) in [4.78, 5) is 15.2. The van der Waals surface area contributed by atoms with Crippen molar-refractivity contribution in [2.24, 2.45) is 0 Å². The molecule has 0 spiro atoms. The summed E-state index contributed by atoms with van der Waals surface area (Å²) in [6, 6.07) is 12.1.